The Balaban J connectivity index is 1.73. The normalized spacial score (nSPS) is 11.7. The van der Waals surface area contributed by atoms with Gasteiger partial charge in [-0.05, 0) is 37.7 Å². The van der Waals surface area contributed by atoms with Crippen molar-refractivity contribution in [3.63, 3.8) is 0 Å². The fourth-order valence-corrected chi connectivity index (χ4v) is 3.31. The number of hydrogen-bond donors (Lipinski definition) is 1. The van der Waals surface area contributed by atoms with Crippen molar-refractivity contribution < 1.29 is 8.42 Å². The molecule has 0 unspecified atom stereocenters. The lowest BCUT2D eigenvalue weighted by Crippen LogP contribution is -2.28. The van der Waals surface area contributed by atoms with Gasteiger partial charge in [-0.3, -0.25) is 0 Å². The molecule has 0 aliphatic carbocycles. The molecule has 0 fully saturated rings. The molecular formula is C17H22N2O2S. The Kier molecular flexibility index (Phi) is 6.12. The Morgan fingerprint density at radius 2 is 1.55 bits per heavy atom. The zero-order valence-corrected chi connectivity index (χ0v) is 13.6. The number of nitrogens with zero attached hydrogens (tertiary/aromatic N) is 1. The first-order valence-electron chi connectivity index (χ1n) is 7.35. The molecule has 0 heterocycles. The predicted octanol–water partition coefficient (Wildman–Crippen LogP) is 2.49. The highest BCUT2D eigenvalue weighted by atomic mass is 32.2. The average Bonchev–Trinajstić information content (AvgIpc) is 2.53. The summed E-state index contributed by atoms with van der Waals surface area (Å²) in [4.78, 5) is 2.50. The average molecular weight is 318 g/mol. The molecule has 118 valence electrons. The quantitative estimate of drug-likeness (QED) is 0.761. The summed E-state index contributed by atoms with van der Waals surface area (Å²) in [6, 6.07) is 18.7. The third kappa shape index (κ3) is 5.26. The Bertz CT molecular complexity index is 658. The maximum absolute atomic E-state index is 12.0. The highest BCUT2D eigenvalue weighted by molar-refractivity contribution is 7.89. The zero-order chi connectivity index (χ0) is 15.8. The van der Waals surface area contributed by atoms with Crippen LogP contribution in [0, 0.1) is 0 Å². The van der Waals surface area contributed by atoms with Crippen LogP contribution in [0.15, 0.2) is 65.6 Å². The van der Waals surface area contributed by atoms with Crippen molar-refractivity contribution in [1.82, 2.24) is 9.62 Å². The van der Waals surface area contributed by atoms with Gasteiger partial charge in [0.25, 0.3) is 0 Å². The van der Waals surface area contributed by atoms with Gasteiger partial charge in [-0.25, -0.2) is 13.1 Å². The van der Waals surface area contributed by atoms with Crippen molar-refractivity contribution in [3.8, 4) is 0 Å². The lowest BCUT2D eigenvalue weighted by atomic mass is 10.2. The van der Waals surface area contributed by atoms with Gasteiger partial charge < -0.3 is 4.90 Å². The second kappa shape index (κ2) is 8.08. The van der Waals surface area contributed by atoms with Gasteiger partial charge in [0, 0.05) is 13.1 Å². The van der Waals surface area contributed by atoms with Crippen molar-refractivity contribution in [2.45, 2.75) is 17.9 Å². The molecule has 4 nitrogen and oxygen atoms in total. The summed E-state index contributed by atoms with van der Waals surface area (Å²) in [5.41, 5.74) is 1.26. The van der Waals surface area contributed by atoms with Crippen LogP contribution < -0.4 is 4.72 Å². The molecule has 0 saturated heterocycles. The van der Waals surface area contributed by atoms with Crippen LogP contribution >= 0.6 is 0 Å². The van der Waals surface area contributed by atoms with Gasteiger partial charge in [-0.15, -0.1) is 0 Å². The van der Waals surface area contributed by atoms with E-state index >= 15 is 0 Å². The fourth-order valence-electron chi connectivity index (χ4n) is 2.21. The predicted molar refractivity (Wildman–Crippen MR) is 89.0 cm³/mol. The number of rotatable bonds is 8. The Labute approximate surface area is 132 Å². The second-order valence-electron chi connectivity index (χ2n) is 5.29. The minimum absolute atomic E-state index is 0.313. The highest BCUT2D eigenvalue weighted by Gasteiger charge is 2.12. The van der Waals surface area contributed by atoms with Crippen molar-refractivity contribution in [2.75, 3.05) is 20.1 Å². The lowest BCUT2D eigenvalue weighted by molar-refractivity contribution is 0.322. The third-order valence-electron chi connectivity index (χ3n) is 3.36. The molecular weight excluding hydrogens is 296 g/mol. The van der Waals surface area contributed by atoms with E-state index in [1.165, 1.54) is 5.56 Å². The maximum atomic E-state index is 12.0. The number of benzene rings is 2. The summed E-state index contributed by atoms with van der Waals surface area (Å²) in [6.07, 6.45) is 0.773. The second-order valence-corrected chi connectivity index (χ2v) is 7.05. The van der Waals surface area contributed by atoms with Gasteiger partial charge in [0.2, 0.25) is 10.0 Å². The molecule has 0 saturated carbocycles. The molecule has 0 radical (unpaired) electrons. The molecule has 2 aromatic carbocycles. The minimum atomic E-state index is -3.39. The summed E-state index contributed by atoms with van der Waals surface area (Å²) in [7, 11) is -1.35. The molecule has 0 aromatic heterocycles. The van der Waals surface area contributed by atoms with Crippen molar-refractivity contribution in [3.05, 3.63) is 66.2 Å². The SMILES string of the molecule is CN(CCCNS(=O)(=O)c1ccccc1)Cc1ccccc1. The highest BCUT2D eigenvalue weighted by Crippen LogP contribution is 2.07. The summed E-state index contributed by atoms with van der Waals surface area (Å²) < 4.78 is 26.7. The fraction of sp³-hybridized carbons (Fsp3) is 0.294. The van der Waals surface area contributed by atoms with Crippen LogP contribution in [0.1, 0.15) is 12.0 Å². The molecule has 0 aliphatic heterocycles. The van der Waals surface area contributed by atoms with E-state index in [1.807, 2.05) is 25.2 Å². The zero-order valence-electron chi connectivity index (χ0n) is 12.8. The monoisotopic (exact) mass is 318 g/mol. The van der Waals surface area contributed by atoms with E-state index in [-0.39, 0.29) is 0 Å². The van der Waals surface area contributed by atoms with Gasteiger partial charge in [0.05, 0.1) is 4.90 Å². The van der Waals surface area contributed by atoms with Crippen molar-refractivity contribution >= 4 is 10.0 Å². The van der Waals surface area contributed by atoms with Crippen LogP contribution in [-0.2, 0) is 16.6 Å². The largest absolute Gasteiger partial charge is 0.302 e. The van der Waals surface area contributed by atoms with Gasteiger partial charge >= 0.3 is 0 Å². The molecule has 0 atom stereocenters. The van der Waals surface area contributed by atoms with Gasteiger partial charge in [-0.1, -0.05) is 48.5 Å². The van der Waals surface area contributed by atoms with E-state index in [1.54, 1.807) is 30.3 Å². The van der Waals surface area contributed by atoms with Crippen LogP contribution in [-0.4, -0.2) is 33.5 Å². The van der Waals surface area contributed by atoms with Crippen LogP contribution in [0.4, 0.5) is 0 Å². The minimum Gasteiger partial charge on any atom is -0.302 e. The first-order valence-corrected chi connectivity index (χ1v) is 8.83. The topological polar surface area (TPSA) is 49.4 Å². The Hall–Kier alpha value is -1.69. The van der Waals surface area contributed by atoms with Crippen LogP contribution in [0.25, 0.3) is 0 Å². The van der Waals surface area contributed by atoms with E-state index in [0.717, 1.165) is 19.5 Å². The van der Waals surface area contributed by atoms with Crippen molar-refractivity contribution in [1.29, 1.82) is 0 Å². The molecule has 22 heavy (non-hydrogen) atoms. The van der Waals surface area contributed by atoms with Gasteiger partial charge in [0.1, 0.15) is 0 Å². The Morgan fingerprint density at radius 1 is 0.955 bits per heavy atom. The molecule has 5 heteroatoms. The number of hydrogen-bond acceptors (Lipinski definition) is 3. The van der Waals surface area contributed by atoms with Crippen LogP contribution in [0.2, 0.25) is 0 Å². The first kappa shape index (κ1) is 16.7. The molecule has 0 spiro atoms. The first-order chi connectivity index (χ1) is 10.6. The molecule has 0 aliphatic rings. The van der Waals surface area contributed by atoms with E-state index < -0.39 is 10.0 Å². The molecule has 0 amide bonds. The standard InChI is InChI=1S/C17H22N2O2S/c1-19(15-16-9-4-2-5-10-16)14-8-13-18-22(20,21)17-11-6-3-7-12-17/h2-7,9-12,18H,8,13-15H2,1H3. The van der Waals surface area contributed by atoms with Crippen molar-refractivity contribution in [2.24, 2.45) is 0 Å². The van der Waals surface area contributed by atoms with E-state index in [9.17, 15) is 8.42 Å². The van der Waals surface area contributed by atoms with E-state index in [2.05, 4.69) is 21.8 Å². The van der Waals surface area contributed by atoms with E-state index in [4.69, 9.17) is 0 Å². The summed E-state index contributed by atoms with van der Waals surface area (Å²) >= 11 is 0. The molecule has 2 aromatic rings. The Morgan fingerprint density at radius 3 is 2.18 bits per heavy atom. The number of sulfonamides is 1. The summed E-state index contributed by atoms with van der Waals surface area (Å²) in [5, 5.41) is 0. The smallest absolute Gasteiger partial charge is 0.240 e. The molecule has 0 bridgehead atoms. The lowest BCUT2D eigenvalue weighted by Gasteiger charge is -2.16. The molecule has 2 rings (SSSR count). The van der Waals surface area contributed by atoms with Gasteiger partial charge in [-0.2, -0.15) is 0 Å². The summed E-state index contributed by atoms with van der Waals surface area (Å²) in [6.45, 7) is 2.15. The third-order valence-corrected chi connectivity index (χ3v) is 4.83. The number of nitrogens with one attached hydrogen (secondary N) is 1. The maximum Gasteiger partial charge on any atom is 0.240 e. The van der Waals surface area contributed by atoms with Gasteiger partial charge in [0.15, 0.2) is 0 Å². The van der Waals surface area contributed by atoms with Crippen LogP contribution in [0.5, 0.6) is 0 Å². The summed E-state index contributed by atoms with van der Waals surface area (Å²) in [5.74, 6) is 0. The molecule has 1 N–H and O–H groups in total. The van der Waals surface area contributed by atoms with Crippen LogP contribution in [0.3, 0.4) is 0 Å². The van der Waals surface area contributed by atoms with E-state index in [0.29, 0.717) is 11.4 Å².